The Morgan fingerprint density at radius 3 is 2.64 bits per heavy atom. The number of hydrogen-bond acceptors (Lipinski definition) is 3. The minimum absolute atomic E-state index is 0.385. The van der Waals surface area contributed by atoms with Crippen molar-refractivity contribution in [3.63, 3.8) is 0 Å². The third-order valence-corrected chi connectivity index (χ3v) is 3.82. The van der Waals surface area contributed by atoms with Crippen molar-refractivity contribution in [3.05, 3.63) is 0 Å². The van der Waals surface area contributed by atoms with Crippen LogP contribution >= 0.6 is 0 Å². The lowest BCUT2D eigenvalue weighted by atomic mass is 9.81. The Kier molecular flexibility index (Phi) is 2.82. The highest BCUT2D eigenvalue weighted by Crippen LogP contribution is 2.31. The number of likely N-dealkylation sites (tertiary alicyclic amines) is 1. The minimum Gasteiger partial charge on any atom is -0.387 e. The molecule has 2 aliphatic rings. The van der Waals surface area contributed by atoms with E-state index in [-0.39, 0.29) is 0 Å². The molecule has 2 heterocycles. The zero-order valence-electron chi connectivity index (χ0n) is 9.29. The predicted octanol–water partition coefficient (Wildman–Crippen LogP) is 0.441. The Hall–Kier alpha value is -0.120. The summed E-state index contributed by atoms with van der Waals surface area (Å²) in [6.07, 6.45) is 2.57. The van der Waals surface area contributed by atoms with E-state index in [1.165, 1.54) is 19.4 Å². The molecule has 1 atom stereocenters. The summed E-state index contributed by atoms with van der Waals surface area (Å²) in [4.78, 5) is 2.42. The van der Waals surface area contributed by atoms with Gasteiger partial charge in [-0.25, -0.2) is 0 Å². The fourth-order valence-electron chi connectivity index (χ4n) is 2.43. The van der Waals surface area contributed by atoms with E-state index in [2.05, 4.69) is 24.1 Å². The van der Waals surface area contributed by atoms with Gasteiger partial charge in [-0.1, -0.05) is 13.8 Å². The Morgan fingerprint density at radius 2 is 2.14 bits per heavy atom. The van der Waals surface area contributed by atoms with Gasteiger partial charge in [-0.3, -0.25) is 4.90 Å². The van der Waals surface area contributed by atoms with Crippen LogP contribution in [-0.4, -0.2) is 47.8 Å². The van der Waals surface area contributed by atoms with Crippen molar-refractivity contribution < 1.29 is 5.11 Å². The molecule has 3 nitrogen and oxygen atoms in total. The normalized spacial score (nSPS) is 33.0. The number of hydrogen-bond donors (Lipinski definition) is 2. The van der Waals surface area contributed by atoms with Gasteiger partial charge in [-0.05, 0) is 25.3 Å². The van der Waals surface area contributed by atoms with Crippen LogP contribution < -0.4 is 5.32 Å². The van der Waals surface area contributed by atoms with Crippen LogP contribution in [0.4, 0.5) is 0 Å². The largest absolute Gasteiger partial charge is 0.387 e. The summed E-state index contributed by atoms with van der Waals surface area (Å²) in [5, 5.41) is 13.5. The second-order valence-corrected chi connectivity index (χ2v) is 5.16. The van der Waals surface area contributed by atoms with Crippen molar-refractivity contribution in [2.75, 3.05) is 26.2 Å². The van der Waals surface area contributed by atoms with Gasteiger partial charge in [0.1, 0.15) is 0 Å². The molecule has 0 saturated carbocycles. The molecule has 2 saturated heterocycles. The van der Waals surface area contributed by atoms with Gasteiger partial charge in [0.15, 0.2) is 0 Å². The van der Waals surface area contributed by atoms with Crippen LogP contribution in [0.3, 0.4) is 0 Å². The molecule has 2 N–H and O–H groups in total. The number of aliphatic hydroxyl groups is 1. The van der Waals surface area contributed by atoms with Gasteiger partial charge in [-0.15, -0.1) is 0 Å². The summed E-state index contributed by atoms with van der Waals surface area (Å²) >= 11 is 0. The summed E-state index contributed by atoms with van der Waals surface area (Å²) in [6.45, 7) is 8.23. The first-order valence-electron chi connectivity index (χ1n) is 5.79. The van der Waals surface area contributed by atoms with E-state index in [4.69, 9.17) is 0 Å². The minimum atomic E-state index is -0.405. The summed E-state index contributed by atoms with van der Waals surface area (Å²) in [5.41, 5.74) is -0.405. The number of nitrogens with zero attached hydrogens (tertiary/aromatic N) is 1. The molecule has 0 aromatic rings. The van der Waals surface area contributed by atoms with Crippen LogP contribution in [0.15, 0.2) is 0 Å². The molecule has 0 aromatic heterocycles. The fraction of sp³-hybridized carbons (Fsp3) is 1.00. The Morgan fingerprint density at radius 1 is 1.43 bits per heavy atom. The predicted molar refractivity (Wildman–Crippen MR) is 57.3 cm³/mol. The second-order valence-electron chi connectivity index (χ2n) is 5.16. The standard InChI is InChI=1S/C11H22N2O/c1-9(2)11(14)7-13(8-11)10-4-3-5-12-6-10/h9-10,12,14H,3-8H2,1-2H3. The van der Waals surface area contributed by atoms with Gasteiger partial charge < -0.3 is 10.4 Å². The van der Waals surface area contributed by atoms with Gasteiger partial charge in [0.2, 0.25) is 0 Å². The number of nitrogens with one attached hydrogen (secondary N) is 1. The first-order chi connectivity index (χ1) is 6.62. The summed E-state index contributed by atoms with van der Waals surface area (Å²) in [7, 11) is 0. The fourth-order valence-corrected chi connectivity index (χ4v) is 2.43. The molecule has 0 aromatic carbocycles. The first-order valence-corrected chi connectivity index (χ1v) is 5.79. The third kappa shape index (κ3) is 1.81. The molecular formula is C11H22N2O. The van der Waals surface area contributed by atoms with Crippen LogP contribution in [0, 0.1) is 5.92 Å². The van der Waals surface area contributed by atoms with E-state index >= 15 is 0 Å². The molecule has 0 amide bonds. The molecule has 2 fully saturated rings. The van der Waals surface area contributed by atoms with E-state index in [9.17, 15) is 5.11 Å². The number of β-amino-alcohol motifs (C(OH)–C–C–N with tert-alkyl or cyclic N) is 1. The highest BCUT2D eigenvalue weighted by atomic mass is 16.3. The van der Waals surface area contributed by atoms with Crippen molar-refractivity contribution in [1.29, 1.82) is 0 Å². The van der Waals surface area contributed by atoms with Crippen molar-refractivity contribution in [1.82, 2.24) is 10.2 Å². The van der Waals surface area contributed by atoms with Crippen LogP contribution in [0.5, 0.6) is 0 Å². The van der Waals surface area contributed by atoms with Gasteiger partial charge in [0.05, 0.1) is 5.60 Å². The molecule has 0 spiro atoms. The van der Waals surface area contributed by atoms with E-state index in [1.807, 2.05) is 0 Å². The molecule has 82 valence electrons. The maximum absolute atomic E-state index is 10.1. The first kappa shape index (κ1) is 10.4. The van der Waals surface area contributed by atoms with Crippen LogP contribution in [0.2, 0.25) is 0 Å². The van der Waals surface area contributed by atoms with Crippen molar-refractivity contribution in [2.45, 2.75) is 38.3 Å². The molecule has 2 rings (SSSR count). The van der Waals surface area contributed by atoms with Crippen LogP contribution in [-0.2, 0) is 0 Å². The zero-order chi connectivity index (χ0) is 10.2. The van der Waals surface area contributed by atoms with Crippen LogP contribution in [0.1, 0.15) is 26.7 Å². The maximum Gasteiger partial charge on any atom is 0.0923 e. The topological polar surface area (TPSA) is 35.5 Å². The third-order valence-electron chi connectivity index (χ3n) is 3.82. The SMILES string of the molecule is CC(C)C1(O)CN(C2CCCNC2)C1. The summed E-state index contributed by atoms with van der Waals surface area (Å²) in [5.74, 6) is 0.385. The van der Waals surface area contributed by atoms with E-state index in [1.54, 1.807) is 0 Å². The average molecular weight is 198 g/mol. The molecule has 1 unspecified atom stereocenters. The lowest BCUT2D eigenvalue weighted by Gasteiger charge is -2.53. The maximum atomic E-state index is 10.1. The van der Waals surface area contributed by atoms with Gasteiger partial charge in [0, 0.05) is 25.7 Å². The van der Waals surface area contributed by atoms with Gasteiger partial charge in [0.25, 0.3) is 0 Å². The Balaban J connectivity index is 1.81. The summed E-state index contributed by atoms with van der Waals surface area (Å²) < 4.78 is 0. The van der Waals surface area contributed by atoms with E-state index < -0.39 is 5.60 Å². The van der Waals surface area contributed by atoms with E-state index in [0.717, 1.165) is 19.6 Å². The number of piperidine rings is 1. The monoisotopic (exact) mass is 198 g/mol. The molecule has 14 heavy (non-hydrogen) atoms. The highest BCUT2D eigenvalue weighted by Gasteiger charge is 2.45. The molecule has 0 bridgehead atoms. The number of rotatable bonds is 2. The van der Waals surface area contributed by atoms with Crippen LogP contribution in [0.25, 0.3) is 0 Å². The molecule has 3 heteroatoms. The quantitative estimate of drug-likeness (QED) is 0.676. The highest BCUT2D eigenvalue weighted by molar-refractivity contribution is 5.00. The average Bonchev–Trinajstić information content (AvgIpc) is 2.14. The second kappa shape index (κ2) is 3.80. The lowest BCUT2D eigenvalue weighted by Crippen LogP contribution is -2.68. The summed E-state index contributed by atoms with van der Waals surface area (Å²) in [6, 6.07) is 0.669. The Bertz CT molecular complexity index is 193. The van der Waals surface area contributed by atoms with Crippen molar-refractivity contribution in [2.24, 2.45) is 5.92 Å². The van der Waals surface area contributed by atoms with Crippen molar-refractivity contribution in [3.8, 4) is 0 Å². The molecular weight excluding hydrogens is 176 g/mol. The molecule has 2 aliphatic heterocycles. The smallest absolute Gasteiger partial charge is 0.0923 e. The molecule has 0 aliphatic carbocycles. The zero-order valence-corrected chi connectivity index (χ0v) is 9.29. The Labute approximate surface area is 86.5 Å². The molecule has 0 radical (unpaired) electrons. The van der Waals surface area contributed by atoms with E-state index in [0.29, 0.717) is 12.0 Å². The van der Waals surface area contributed by atoms with Gasteiger partial charge >= 0.3 is 0 Å². The van der Waals surface area contributed by atoms with Gasteiger partial charge in [-0.2, -0.15) is 0 Å². The lowest BCUT2D eigenvalue weighted by molar-refractivity contribution is -0.144. The van der Waals surface area contributed by atoms with Crippen molar-refractivity contribution >= 4 is 0 Å².